The summed E-state index contributed by atoms with van der Waals surface area (Å²) in [6.07, 6.45) is -0.437. The second-order valence-electron chi connectivity index (χ2n) is 5.05. The summed E-state index contributed by atoms with van der Waals surface area (Å²) in [6.45, 7) is 0. The van der Waals surface area contributed by atoms with E-state index in [0.717, 1.165) is 10.1 Å². The number of aromatic amines is 1. The summed E-state index contributed by atoms with van der Waals surface area (Å²) >= 11 is 0. The molecule has 22 heavy (non-hydrogen) atoms. The Morgan fingerprint density at radius 3 is 2.45 bits per heavy atom. The minimum absolute atomic E-state index is 0.289. The number of hydrogen-bond donors (Lipinski definition) is 1. The number of aromatic nitrogens is 4. The van der Waals surface area contributed by atoms with Gasteiger partial charge in [-0.2, -0.15) is 0 Å². The predicted molar refractivity (Wildman–Crippen MR) is 81.9 cm³/mol. The molecule has 0 fully saturated rings. The van der Waals surface area contributed by atoms with Crippen LogP contribution in [0, 0.1) is 0 Å². The van der Waals surface area contributed by atoms with Crippen molar-refractivity contribution in [3.8, 4) is 0 Å². The Bertz CT molecular complexity index is 937. The fourth-order valence-corrected chi connectivity index (χ4v) is 2.50. The summed E-state index contributed by atoms with van der Waals surface area (Å²) in [5.41, 5.74) is 0.702. The van der Waals surface area contributed by atoms with Gasteiger partial charge in [0.1, 0.15) is 17.4 Å². The Hall–Kier alpha value is -2.67. The first kappa shape index (κ1) is 14.3. The van der Waals surface area contributed by atoms with E-state index in [-0.39, 0.29) is 5.52 Å². The molecule has 0 saturated carbocycles. The maximum Gasteiger partial charge on any atom is 0.332 e. The molecule has 0 aliphatic carbocycles. The third-order valence-corrected chi connectivity index (χ3v) is 3.70. The van der Waals surface area contributed by atoms with Crippen molar-refractivity contribution in [2.45, 2.75) is 6.10 Å². The van der Waals surface area contributed by atoms with Crippen LogP contribution in [0.5, 0.6) is 0 Å². The van der Waals surface area contributed by atoms with Crippen molar-refractivity contribution in [3.05, 3.63) is 62.6 Å². The minimum Gasteiger partial charge on any atom is -0.369 e. The van der Waals surface area contributed by atoms with Crippen molar-refractivity contribution in [2.24, 2.45) is 14.1 Å². The number of ether oxygens (including phenoxy) is 1. The van der Waals surface area contributed by atoms with E-state index in [1.807, 2.05) is 30.3 Å². The van der Waals surface area contributed by atoms with Gasteiger partial charge in [-0.15, -0.1) is 0 Å². The molecule has 7 heteroatoms. The number of methoxy groups -OCH3 is 1. The smallest absolute Gasteiger partial charge is 0.332 e. The molecule has 0 unspecified atom stereocenters. The van der Waals surface area contributed by atoms with E-state index in [9.17, 15) is 9.59 Å². The Morgan fingerprint density at radius 2 is 1.82 bits per heavy atom. The van der Waals surface area contributed by atoms with Gasteiger partial charge in [0.15, 0.2) is 5.65 Å². The van der Waals surface area contributed by atoms with Crippen LogP contribution in [-0.2, 0) is 18.8 Å². The van der Waals surface area contributed by atoms with Crippen LogP contribution in [-0.4, -0.2) is 26.2 Å². The second-order valence-corrected chi connectivity index (χ2v) is 5.05. The number of hydrogen-bond acceptors (Lipinski definition) is 4. The molecule has 1 N–H and O–H groups in total. The average Bonchev–Trinajstić information content (AvgIpc) is 2.98. The summed E-state index contributed by atoms with van der Waals surface area (Å²) in [6, 6.07) is 9.54. The van der Waals surface area contributed by atoms with Crippen LogP contribution in [0.3, 0.4) is 0 Å². The van der Waals surface area contributed by atoms with Crippen molar-refractivity contribution in [1.82, 2.24) is 19.1 Å². The molecular weight excluding hydrogens is 284 g/mol. The lowest BCUT2D eigenvalue weighted by molar-refractivity contribution is 0.130. The normalized spacial score (nSPS) is 12.7. The molecule has 3 aromatic rings. The molecule has 3 rings (SSSR count). The number of nitrogens with zero attached hydrogens (tertiary/aromatic N) is 3. The highest BCUT2D eigenvalue weighted by atomic mass is 16.5. The molecule has 114 valence electrons. The zero-order valence-corrected chi connectivity index (χ0v) is 12.5. The van der Waals surface area contributed by atoms with Crippen LogP contribution in [0.4, 0.5) is 0 Å². The van der Waals surface area contributed by atoms with E-state index in [2.05, 4.69) is 9.97 Å². The number of imidazole rings is 1. The van der Waals surface area contributed by atoms with Crippen LogP contribution in [0.1, 0.15) is 17.5 Å². The van der Waals surface area contributed by atoms with Gasteiger partial charge in [0, 0.05) is 21.2 Å². The quantitative estimate of drug-likeness (QED) is 0.772. The van der Waals surface area contributed by atoms with Crippen molar-refractivity contribution in [3.63, 3.8) is 0 Å². The monoisotopic (exact) mass is 300 g/mol. The highest BCUT2D eigenvalue weighted by molar-refractivity contribution is 5.70. The van der Waals surface area contributed by atoms with Gasteiger partial charge in [-0.25, -0.2) is 9.78 Å². The van der Waals surface area contributed by atoms with Crippen molar-refractivity contribution in [2.75, 3.05) is 7.11 Å². The first-order valence-corrected chi connectivity index (χ1v) is 6.78. The van der Waals surface area contributed by atoms with Gasteiger partial charge in [0.2, 0.25) is 0 Å². The largest absolute Gasteiger partial charge is 0.369 e. The predicted octanol–water partition coefficient (Wildman–Crippen LogP) is 0.696. The van der Waals surface area contributed by atoms with Crippen LogP contribution in [0.15, 0.2) is 39.9 Å². The highest BCUT2D eigenvalue weighted by Gasteiger charge is 2.20. The fraction of sp³-hybridized carbons (Fsp3) is 0.267. The van der Waals surface area contributed by atoms with Crippen LogP contribution < -0.4 is 11.2 Å². The number of fused-ring (bicyclic) bond motifs is 1. The van der Waals surface area contributed by atoms with Crippen molar-refractivity contribution >= 4 is 11.2 Å². The SMILES string of the molecule is CO[C@H](c1ccccc1)c1nc2c([nH]1)c(=O)n(C)c(=O)n2C. The standard InChI is InChI=1S/C15H16N4O3/c1-18-13-10(14(20)19(2)15(18)21)16-12(17-13)11(22-3)9-7-5-4-6-8-9/h4-8,11H,1-3H3,(H,16,17)/t11-/m1/s1. The highest BCUT2D eigenvalue weighted by Crippen LogP contribution is 2.23. The van der Waals surface area contributed by atoms with Gasteiger partial charge in [0.05, 0.1) is 0 Å². The van der Waals surface area contributed by atoms with Gasteiger partial charge in [-0.05, 0) is 5.56 Å². The Balaban J connectivity index is 2.25. The summed E-state index contributed by atoms with van der Waals surface area (Å²) in [5, 5.41) is 0. The van der Waals surface area contributed by atoms with E-state index in [0.29, 0.717) is 11.5 Å². The summed E-state index contributed by atoms with van der Waals surface area (Å²) in [7, 11) is 4.59. The molecule has 1 aromatic carbocycles. The fourth-order valence-electron chi connectivity index (χ4n) is 2.50. The minimum atomic E-state index is -0.437. The third kappa shape index (κ3) is 2.06. The molecule has 0 amide bonds. The summed E-state index contributed by atoms with van der Waals surface area (Å²) < 4.78 is 7.89. The lowest BCUT2D eigenvalue weighted by Gasteiger charge is -2.12. The number of rotatable bonds is 3. The molecule has 2 aromatic heterocycles. The van der Waals surface area contributed by atoms with E-state index in [4.69, 9.17) is 4.74 Å². The van der Waals surface area contributed by atoms with Crippen LogP contribution >= 0.6 is 0 Å². The molecule has 1 atom stereocenters. The lowest BCUT2D eigenvalue weighted by Crippen LogP contribution is -2.36. The lowest BCUT2D eigenvalue weighted by atomic mass is 10.1. The molecule has 0 bridgehead atoms. The van der Waals surface area contributed by atoms with E-state index < -0.39 is 17.4 Å². The zero-order valence-electron chi connectivity index (χ0n) is 12.5. The molecule has 2 heterocycles. The number of benzene rings is 1. The van der Waals surface area contributed by atoms with E-state index >= 15 is 0 Å². The number of aryl methyl sites for hydroxylation is 1. The van der Waals surface area contributed by atoms with E-state index in [1.54, 1.807) is 14.2 Å². The van der Waals surface area contributed by atoms with Crippen LogP contribution in [0.25, 0.3) is 11.2 Å². The zero-order chi connectivity index (χ0) is 15.9. The first-order valence-electron chi connectivity index (χ1n) is 6.78. The molecule has 0 saturated heterocycles. The average molecular weight is 300 g/mol. The third-order valence-electron chi connectivity index (χ3n) is 3.70. The Kier molecular flexibility index (Phi) is 3.42. The van der Waals surface area contributed by atoms with E-state index in [1.165, 1.54) is 11.6 Å². The Labute approximate surface area is 125 Å². The Morgan fingerprint density at radius 1 is 1.14 bits per heavy atom. The topological polar surface area (TPSA) is 81.9 Å². The molecule has 0 spiro atoms. The molecule has 7 nitrogen and oxygen atoms in total. The van der Waals surface area contributed by atoms with Gasteiger partial charge in [-0.1, -0.05) is 30.3 Å². The summed E-state index contributed by atoms with van der Waals surface area (Å²) in [5.74, 6) is 0.488. The molecule has 0 aliphatic rings. The molecule has 0 aliphatic heterocycles. The van der Waals surface area contributed by atoms with Gasteiger partial charge >= 0.3 is 5.69 Å². The number of nitrogens with one attached hydrogen (secondary N) is 1. The van der Waals surface area contributed by atoms with Crippen molar-refractivity contribution < 1.29 is 4.74 Å². The summed E-state index contributed by atoms with van der Waals surface area (Å²) in [4.78, 5) is 31.5. The van der Waals surface area contributed by atoms with Gasteiger partial charge in [0.25, 0.3) is 5.56 Å². The molecule has 0 radical (unpaired) electrons. The van der Waals surface area contributed by atoms with Gasteiger partial charge in [-0.3, -0.25) is 13.9 Å². The van der Waals surface area contributed by atoms with Gasteiger partial charge < -0.3 is 9.72 Å². The first-order chi connectivity index (χ1) is 10.5. The number of H-pyrrole nitrogens is 1. The molecular formula is C15H16N4O3. The second kappa shape index (κ2) is 5.27. The van der Waals surface area contributed by atoms with Crippen LogP contribution in [0.2, 0.25) is 0 Å². The maximum absolute atomic E-state index is 12.2. The maximum atomic E-state index is 12.2. The van der Waals surface area contributed by atoms with Crippen molar-refractivity contribution in [1.29, 1.82) is 0 Å².